The lowest BCUT2D eigenvalue weighted by Crippen LogP contribution is -2.50. The predicted octanol–water partition coefficient (Wildman–Crippen LogP) is 5.28. The molecule has 1 aliphatic rings. The fourth-order valence-electron chi connectivity index (χ4n) is 4.87. The Balaban J connectivity index is 1.36. The van der Waals surface area contributed by atoms with Gasteiger partial charge >= 0.3 is 0 Å². The van der Waals surface area contributed by atoms with E-state index in [1.807, 2.05) is 13.0 Å². The normalized spacial score (nSPS) is 20.7. The number of alkyl halides is 1. The monoisotopic (exact) mass is 568 g/mol. The van der Waals surface area contributed by atoms with Crippen LogP contribution < -0.4 is 15.4 Å². The summed E-state index contributed by atoms with van der Waals surface area (Å²) >= 11 is 0. The van der Waals surface area contributed by atoms with Gasteiger partial charge in [0, 0.05) is 40.8 Å². The highest BCUT2D eigenvalue weighted by Crippen LogP contribution is 2.29. The van der Waals surface area contributed by atoms with E-state index in [1.165, 1.54) is 36.4 Å². The van der Waals surface area contributed by atoms with Crippen LogP contribution in [0, 0.1) is 11.6 Å². The van der Waals surface area contributed by atoms with Crippen molar-refractivity contribution < 1.29 is 17.4 Å². The average molecular weight is 569 g/mol. The molecule has 3 N–H and O–H groups in total. The number of nitrogens with one attached hydrogen (secondary N) is 3. The van der Waals surface area contributed by atoms with Gasteiger partial charge in [-0.15, -0.1) is 0 Å². The molecule has 0 amide bonds. The highest BCUT2D eigenvalue weighted by Gasteiger charge is 2.32. The van der Waals surface area contributed by atoms with Crippen molar-refractivity contribution >= 4 is 38.2 Å². The second kappa shape index (κ2) is 11.1. The Morgan fingerprint density at radius 3 is 2.62 bits per heavy atom. The topological polar surface area (TPSA) is 91.8 Å². The van der Waals surface area contributed by atoms with Gasteiger partial charge in [0.15, 0.2) is 0 Å². The molecule has 1 unspecified atom stereocenters. The Morgan fingerprint density at radius 1 is 1.15 bits per heavy atom. The third kappa shape index (κ3) is 6.53. The molecule has 3 heterocycles. The molecule has 2 aromatic heterocycles. The Hall–Kier alpha value is -3.70. The van der Waals surface area contributed by atoms with Gasteiger partial charge in [-0.1, -0.05) is 25.1 Å². The van der Waals surface area contributed by atoms with E-state index < -0.39 is 27.0 Å². The highest BCUT2D eigenvalue weighted by molar-refractivity contribution is 8.00. The van der Waals surface area contributed by atoms with Crippen LogP contribution in [0.25, 0.3) is 22.3 Å². The number of anilines is 2. The van der Waals surface area contributed by atoms with Crippen LogP contribution in [0.3, 0.4) is 0 Å². The fourth-order valence-corrected chi connectivity index (χ4v) is 6.24. The SMILES string of the molecule is C=S(=O)(Cc1ccc(F)cc1)Nc1ccc(-c2cc(CC)c3nc(N[C@@H]4CNC[C@@](C)(F)C4)ncc3n2)cc1F. The molecule has 0 aliphatic carbocycles. The van der Waals surface area contributed by atoms with E-state index in [0.29, 0.717) is 59.7 Å². The largest absolute Gasteiger partial charge is 0.350 e. The van der Waals surface area contributed by atoms with Crippen LogP contribution in [-0.2, 0) is 21.9 Å². The van der Waals surface area contributed by atoms with Crippen molar-refractivity contribution in [3.05, 3.63) is 77.5 Å². The first-order valence-electron chi connectivity index (χ1n) is 13.0. The van der Waals surface area contributed by atoms with Crippen molar-refractivity contribution in [2.24, 2.45) is 0 Å². The van der Waals surface area contributed by atoms with E-state index >= 15 is 4.39 Å². The second-order valence-corrected chi connectivity index (χ2v) is 12.5. The fraction of sp³-hybridized carbons (Fsp3) is 0.310. The van der Waals surface area contributed by atoms with Crippen LogP contribution in [0.15, 0.2) is 54.7 Å². The Morgan fingerprint density at radius 2 is 1.93 bits per heavy atom. The van der Waals surface area contributed by atoms with E-state index in [4.69, 9.17) is 0 Å². The second-order valence-electron chi connectivity index (χ2n) is 10.4. The molecule has 5 rings (SSSR count). The summed E-state index contributed by atoms with van der Waals surface area (Å²) < 4.78 is 58.4. The van der Waals surface area contributed by atoms with Crippen molar-refractivity contribution in [1.82, 2.24) is 20.3 Å². The minimum Gasteiger partial charge on any atom is -0.350 e. The number of aromatic nitrogens is 3. The summed E-state index contributed by atoms with van der Waals surface area (Å²) in [7, 11) is -2.94. The summed E-state index contributed by atoms with van der Waals surface area (Å²) in [6.07, 6.45) is 2.62. The molecule has 1 fully saturated rings. The van der Waals surface area contributed by atoms with Gasteiger partial charge < -0.3 is 15.4 Å². The van der Waals surface area contributed by atoms with Crippen LogP contribution in [0.5, 0.6) is 0 Å². The first-order valence-corrected chi connectivity index (χ1v) is 14.9. The Kier molecular flexibility index (Phi) is 7.70. The van der Waals surface area contributed by atoms with E-state index in [2.05, 4.69) is 36.2 Å². The van der Waals surface area contributed by atoms with Gasteiger partial charge in [-0.25, -0.2) is 32.3 Å². The van der Waals surface area contributed by atoms with E-state index in [1.54, 1.807) is 19.2 Å². The van der Waals surface area contributed by atoms with Crippen LogP contribution >= 0.6 is 0 Å². The molecule has 11 heteroatoms. The summed E-state index contributed by atoms with van der Waals surface area (Å²) in [6.45, 7) is 4.50. The number of pyridine rings is 1. The molecular formula is C29H31F3N6OS. The molecular weight excluding hydrogens is 537 g/mol. The number of hydrogen-bond donors (Lipinski definition) is 3. The van der Waals surface area contributed by atoms with Gasteiger partial charge in [0.1, 0.15) is 22.8 Å². The summed E-state index contributed by atoms with van der Waals surface area (Å²) in [4.78, 5) is 13.7. The Bertz CT molecular complexity index is 1640. The molecule has 7 nitrogen and oxygen atoms in total. The zero-order valence-electron chi connectivity index (χ0n) is 22.3. The van der Waals surface area contributed by atoms with Gasteiger partial charge in [-0.05, 0) is 60.7 Å². The molecule has 4 aromatic rings. The predicted molar refractivity (Wildman–Crippen MR) is 156 cm³/mol. The van der Waals surface area contributed by atoms with Gasteiger partial charge in [-0.3, -0.25) is 0 Å². The molecule has 3 atom stereocenters. The van der Waals surface area contributed by atoms with Crippen molar-refractivity contribution in [3.8, 4) is 11.3 Å². The van der Waals surface area contributed by atoms with Crippen molar-refractivity contribution in [1.29, 1.82) is 0 Å². The molecule has 1 aliphatic heterocycles. The lowest BCUT2D eigenvalue weighted by atomic mass is 9.95. The maximum Gasteiger partial charge on any atom is 0.223 e. The minimum atomic E-state index is -2.94. The lowest BCUT2D eigenvalue weighted by Gasteiger charge is -2.33. The average Bonchev–Trinajstić information content (AvgIpc) is 2.90. The van der Waals surface area contributed by atoms with Crippen molar-refractivity contribution in [2.45, 2.75) is 44.2 Å². The molecule has 2 aromatic carbocycles. The molecule has 210 valence electrons. The highest BCUT2D eigenvalue weighted by atomic mass is 32.2. The standard InChI is InChI=1S/C29H31F3N6OS/c1-4-19-12-25(36-26-15-34-28(37-27(19)26)35-22-13-29(2,32)17-33-14-22)20-7-10-24(23(31)11-20)38-40(3,39)16-18-5-8-21(30)9-6-18/h5-12,15,22,33H,3-4,13-14,16-17H2,1-2H3,(H,38,39)(H,34,35,37)/t22-,29-,40?/m0/s1. The zero-order chi connectivity index (χ0) is 28.5. The quantitative estimate of drug-likeness (QED) is 0.251. The van der Waals surface area contributed by atoms with Gasteiger partial charge in [-0.2, -0.15) is 0 Å². The number of rotatable bonds is 8. The number of hydrogen-bond acceptors (Lipinski definition) is 6. The summed E-state index contributed by atoms with van der Waals surface area (Å²) in [5.74, 6) is 3.13. The van der Waals surface area contributed by atoms with E-state index in [0.717, 1.165) is 5.56 Å². The number of nitrogens with zero attached hydrogens (tertiary/aromatic N) is 3. The summed E-state index contributed by atoms with van der Waals surface area (Å²) in [5, 5.41) is 6.31. The molecule has 0 saturated carbocycles. The van der Waals surface area contributed by atoms with Crippen LogP contribution in [0.2, 0.25) is 0 Å². The number of aryl methyl sites for hydroxylation is 1. The number of piperidine rings is 1. The lowest BCUT2D eigenvalue weighted by molar-refractivity contribution is 0.137. The molecule has 0 radical (unpaired) electrons. The molecule has 0 bridgehead atoms. The molecule has 40 heavy (non-hydrogen) atoms. The first kappa shape index (κ1) is 27.9. The third-order valence-corrected chi connectivity index (χ3v) is 8.16. The van der Waals surface area contributed by atoms with E-state index in [9.17, 15) is 13.0 Å². The number of benzene rings is 2. The first-order chi connectivity index (χ1) is 19.0. The van der Waals surface area contributed by atoms with Crippen LogP contribution in [-0.4, -0.2) is 49.8 Å². The van der Waals surface area contributed by atoms with Crippen molar-refractivity contribution in [2.75, 3.05) is 23.1 Å². The maximum absolute atomic E-state index is 15.1. The van der Waals surface area contributed by atoms with E-state index in [-0.39, 0.29) is 17.5 Å². The summed E-state index contributed by atoms with van der Waals surface area (Å²) in [5.41, 5.74) is 2.58. The minimum absolute atomic E-state index is 0.0156. The maximum atomic E-state index is 15.1. The molecule has 0 spiro atoms. The number of halogens is 3. The van der Waals surface area contributed by atoms with Gasteiger partial charge in [0.25, 0.3) is 0 Å². The van der Waals surface area contributed by atoms with Crippen LogP contribution in [0.4, 0.5) is 24.8 Å². The Labute approximate surface area is 231 Å². The van der Waals surface area contributed by atoms with Gasteiger partial charge in [0.05, 0.1) is 28.8 Å². The number of fused-ring (bicyclic) bond motifs is 1. The van der Waals surface area contributed by atoms with Crippen LogP contribution in [0.1, 0.15) is 31.4 Å². The zero-order valence-corrected chi connectivity index (χ0v) is 23.1. The van der Waals surface area contributed by atoms with Gasteiger partial charge in [0.2, 0.25) is 5.95 Å². The third-order valence-electron chi connectivity index (χ3n) is 6.77. The van der Waals surface area contributed by atoms with Crippen molar-refractivity contribution in [3.63, 3.8) is 0 Å². The summed E-state index contributed by atoms with van der Waals surface area (Å²) in [6, 6.07) is 11.8. The molecule has 1 saturated heterocycles. The smallest absolute Gasteiger partial charge is 0.223 e.